The second kappa shape index (κ2) is 6.30. The van der Waals surface area contributed by atoms with Crippen molar-refractivity contribution in [1.29, 1.82) is 0 Å². The smallest absolute Gasteiger partial charge is 0.433 e. The van der Waals surface area contributed by atoms with Crippen molar-refractivity contribution in [2.75, 3.05) is 14.2 Å². The molecule has 1 amide bonds. The lowest BCUT2D eigenvalue weighted by molar-refractivity contribution is -0.402. The Kier molecular flexibility index (Phi) is 4.45. The molecular formula is C15H16N2O5. The van der Waals surface area contributed by atoms with E-state index >= 15 is 0 Å². The van der Waals surface area contributed by atoms with Gasteiger partial charge in [0, 0.05) is 7.05 Å². The van der Waals surface area contributed by atoms with Gasteiger partial charge < -0.3 is 14.1 Å². The standard InChI is InChI=1S/C15H16N2O5/c1-10(11-4-6-12(21-3)7-5-11)16(2)15(18)13-8-9-14(22-13)17(19)20/h4-10H,1-3H3. The summed E-state index contributed by atoms with van der Waals surface area (Å²) in [6.07, 6.45) is 0. The lowest BCUT2D eigenvalue weighted by Gasteiger charge is -2.24. The van der Waals surface area contributed by atoms with Crippen LogP contribution in [0.2, 0.25) is 0 Å². The average molecular weight is 304 g/mol. The molecule has 0 spiro atoms. The van der Waals surface area contributed by atoms with Crippen LogP contribution in [0.4, 0.5) is 5.88 Å². The van der Waals surface area contributed by atoms with Crippen LogP contribution in [0.15, 0.2) is 40.8 Å². The minimum atomic E-state index is -0.677. The Labute approximate surface area is 127 Å². The fourth-order valence-corrected chi connectivity index (χ4v) is 2.00. The number of benzene rings is 1. The molecule has 1 unspecified atom stereocenters. The van der Waals surface area contributed by atoms with Gasteiger partial charge in [-0.25, -0.2) is 0 Å². The van der Waals surface area contributed by atoms with E-state index in [2.05, 4.69) is 0 Å². The van der Waals surface area contributed by atoms with Crippen LogP contribution < -0.4 is 4.74 Å². The number of carbonyl (C=O) groups is 1. The zero-order chi connectivity index (χ0) is 16.3. The highest BCUT2D eigenvalue weighted by Gasteiger charge is 2.24. The molecular weight excluding hydrogens is 288 g/mol. The molecule has 0 saturated heterocycles. The molecule has 0 N–H and O–H groups in total. The largest absolute Gasteiger partial charge is 0.497 e. The molecule has 0 aliphatic heterocycles. The minimum Gasteiger partial charge on any atom is -0.497 e. The van der Waals surface area contributed by atoms with E-state index in [-0.39, 0.29) is 11.8 Å². The lowest BCUT2D eigenvalue weighted by atomic mass is 10.1. The van der Waals surface area contributed by atoms with Crippen molar-refractivity contribution >= 4 is 11.8 Å². The SMILES string of the molecule is COc1ccc(C(C)N(C)C(=O)c2ccc([N+](=O)[O-])o2)cc1. The highest BCUT2D eigenvalue weighted by molar-refractivity contribution is 5.91. The third-order valence-corrected chi connectivity index (χ3v) is 3.48. The molecule has 0 fully saturated rings. The number of hydrogen-bond acceptors (Lipinski definition) is 5. The molecule has 0 bridgehead atoms. The molecule has 1 atom stereocenters. The van der Waals surface area contributed by atoms with Crippen LogP contribution >= 0.6 is 0 Å². The summed E-state index contributed by atoms with van der Waals surface area (Å²) in [6, 6.07) is 9.58. The summed E-state index contributed by atoms with van der Waals surface area (Å²) in [6.45, 7) is 1.86. The van der Waals surface area contributed by atoms with Crippen LogP contribution in [0.1, 0.15) is 29.1 Å². The molecule has 0 aliphatic rings. The summed E-state index contributed by atoms with van der Waals surface area (Å²) in [7, 11) is 3.20. The summed E-state index contributed by atoms with van der Waals surface area (Å²) < 4.78 is 10.0. The van der Waals surface area contributed by atoms with Gasteiger partial charge >= 0.3 is 5.88 Å². The quantitative estimate of drug-likeness (QED) is 0.626. The molecule has 1 aromatic heterocycles. The molecule has 2 rings (SSSR count). The molecule has 0 radical (unpaired) electrons. The lowest BCUT2D eigenvalue weighted by Crippen LogP contribution is -2.29. The van der Waals surface area contributed by atoms with Gasteiger partial charge in [-0.15, -0.1) is 0 Å². The van der Waals surface area contributed by atoms with Crippen molar-refractivity contribution in [3.8, 4) is 5.75 Å². The van der Waals surface area contributed by atoms with E-state index in [1.807, 2.05) is 31.2 Å². The molecule has 22 heavy (non-hydrogen) atoms. The van der Waals surface area contributed by atoms with E-state index in [4.69, 9.17) is 9.15 Å². The maximum Gasteiger partial charge on any atom is 0.433 e. The van der Waals surface area contributed by atoms with Gasteiger partial charge in [-0.2, -0.15) is 0 Å². The first-order chi connectivity index (χ1) is 10.4. The second-order valence-electron chi connectivity index (χ2n) is 4.76. The Balaban J connectivity index is 2.15. The highest BCUT2D eigenvalue weighted by atomic mass is 16.6. The van der Waals surface area contributed by atoms with Crippen LogP contribution in [0.5, 0.6) is 5.75 Å². The number of nitrogens with zero attached hydrogens (tertiary/aromatic N) is 2. The van der Waals surface area contributed by atoms with Crippen molar-refractivity contribution < 1.29 is 18.9 Å². The van der Waals surface area contributed by atoms with Crippen LogP contribution in [0, 0.1) is 10.1 Å². The van der Waals surface area contributed by atoms with Gasteiger partial charge in [0.15, 0.2) is 5.76 Å². The number of hydrogen-bond donors (Lipinski definition) is 0. The summed E-state index contributed by atoms with van der Waals surface area (Å²) in [5, 5.41) is 10.6. The highest BCUT2D eigenvalue weighted by Crippen LogP contribution is 2.24. The van der Waals surface area contributed by atoms with Crippen LogP contribution in [-0.4, -0.2) is 29.9 Å². The second-order valence-corrected chi connectivity index (χ2v) is 4.76. The molecule has 1 aromatic carbocycles. The van der Waals surface area contributed by atoms with E-state index in [1.165, 1.54) is 17.0 Å². The Bertz CT molecular complexity index is 677. The predicted molar refractivity (Wildman–Crippen MR) is 78.9 cm³/mol. The number of methoxy groups -OCH3 is 1. The maximum atomic E-state index is 12.3. The van der Waals surface area contributed by atoms with Gasteiger partial charge in [0.2, 0.25) is 0 Å². The molecule has 2 aromatic rings. The Morgan fingerprint density at radius 1 is 1.27 bits per heavy atom. The number of nitro groups is 1. The Morgan fingerprint density at radius 2 is 1.91 bits per heavy atom. The van der Waals surface area contributed by atoms with Crippen LogP contribution in [0.25, 0.3) is 0 Å². The van der Waals surface area contributed by atoms with Gasteiger partial charge in [-0.1, -0.05) is 12.1 Å². The molecule has 7 nitrogen and oxygen atoms in total. The van der Waals surface area contributed by atoms with Crippen molar-refractivity contribution in [2.24, 2.45) is 0 Å². The minimum absolute atomic E-state index is 0.0606. The molecule has 116 valence electrons. The zero-order valence-electron chi connectivity index (χ0n) is 12.5. The van der Waals surface area contributed by atoms with Crippen molar-refractivity contribution in [2.45, 2.75) is 13.0 Å². The average Bonchev–Trinajstić information content (AvgIpc) is 3.03. The van der Waals surface area contributed by atoms with E-state index in [1.54, 1.807) is 14.2 Å². The first-order valence-corrected chi connectivity index (χ1v) is 6.59. The Hall–Kier alpha value is -2.83. The normalized spacial score (nSPS) is 11.8. The van der Waals surface area contributed by atoms with E-state index in [0.717, 1.165) is 11.3 Å². The first-order valence-electron chi connectivity index (χ1n) is 6.59. The van der Waals surface area contributed by atoms with Gasteiger partial charge in [0.25, 0.3) is 5.91 Å². The number of furan rings is 1. The van der Waals surface area contributed by atoms with E-state index in [0.29, 0.717) is 0 Å². The number of amides is 1. The fourth-order valence-electron chi connectivity index (χ4n) is 2.00. The van der Waals surface area contributed by atoms with Gasteiger partial charge in [-0.05, 0) is 30.7 Å². The zero-order valence-corrected chi connectivity index (χ0v) is 12.5. The topological polar surface area (TPSA) is 85.8 Å². The third kappa shape index (κ3) is 3.08. The van der Waals surface area contributed by atoms with Gasteiger partial charge in [-0.3, -0.25) is 14.9 Å². The monoisotopic (exact) mass is 304 g/mol. The van der Waals surface area contributed by atoms with Crippen LogP contribution in [-0.2, 0) is 0 Å². The van der Waals surface area contributed by atoms with Crippen LogP contribution in [0.3, 0.4) is 0 Å². The maximum absolute atomic E-state index is 12.3. The molecule has 0 aliphatic carbocycles. The Morgan fingerprint density at radius 3 is 2.41 bits per heavy atom. The fraction of sp³-hybridized carbons (Fsp3) is 0.267. The number of ether oxygens (including phenoxy) is 1. The first kappa shape index (κ1) is 15.6. The predicted octanol–water partition coefficient (Wildman–Crippen LogP) is 3.03. The summed E-state index contributed by atoms with van der Waals surface area (Å²) in [5.74, 6) is -0.202. The molecule has 0 saturated carbocycles. The third-order valence-electron chi connectivity index (χ3n) is 3.48. The molecule has 1 heterocycles. The van der Waals surface area contributed by atoms with Crippen molar-refractivity contribution in [3.63, 3.8) is 0 Å². The van der Waals surface area contributed by atoms with E-state index in [9.17, 15) is 14.9 Å². The summed E-state index contributed by atoms with van der Waals surface area (Å²) in [4.78, 5) is 23.7. The summed E-state index contributed by atoms with van der Waals surface area (Å²) in [5.41, 5.74) is 0.915. The van der Waals surface area contributed by atoms with Gasteiger partial charge in [0.1, 0.15) is 10.7 Å². The number of carbonyl (C=O) groups excluding carboxylic acids is 1. The number of rotatable bonds is 5. The summed E-state index contributed by atoms with van der Waals surface area (Å²) >= 11 is 0. The van der Waals surface area contributed by atoms with Crippen molar-refractivity contribution in [3.05, 3.63) is 57.8 Å². The van der Waals surface area contributed by atoms with Gasteiger partial charge in [0.05, 0.1) is 19.2 Å². The molecule has 7 heteroatoms. The van der Waals surface area contributed by atoms with E-state index < -0.39 is 16.7 Å². The van der Waals surface area contributed by atoms with Crippen molar-refractivity contribution in [1.82, 2.24) is 4.90 Å².